The summed E-state index contributed by atoms with van der Waals surface area (Å²) in [6.45, 7) is 5.32. The molecule has 2 aromatic carbocycles. The minimum Gasteiger partial charge on any atom is -0.423 e. The third kappa shape index (κ3) is 3.05. The SMILES string of the molecule is C=C(C)C(=O)Oc1ccc([S+]2CCCCC2)c2ccccc12. The minimum absolute atomic E-state index is 0.330. The van der Waals surface area contributed by atoms with E-state index in [9.17, 15) is 4.79 Å². The monoisotopic (exact) mass is 313 g/mol. The molecule has 0 aromatic heterocycles. The van der Waals surface area contributed by atoms with E-state index in [2.05, 4.69) is 24.8 Å². The van der Waals surface area contributed by atoms with Crippen molar-refractivity contribution < 1.29 is 9.53 Å². The van der Waals surface area contributed by atoms with Gasteiger partial charge in [-0.25, -0.2) is 4.79 Å². The second kappa shape index (κ2) is 6.57. The lowest BCUT2D eigenvalue weighted by Crippen LogP contribution is -2.18. The fourth-order valence-electron chi connectivity index (χ4n) is 2.82. The molecule has 114 valence electrons. The maximum absolute atomic E-state index is 11.8. The van der Waals surface area contributed by atoms with Crippen molar-refractivity contribution in [2.24, 2.45) is 0 Å². The van der Waals surface area contributed by atoms with Crippen molar-refractivity contribution in [2.75, 3.05) is 11.5 Å². The fraction of sp³-hybridized carbons (Fsp3) is 0.316. The fourth-order valence-corrected chi connectivity index (χ4v) is 5.32. The van der Waals surface area contributed by atoms with Crippen molar-refractivity contribution in [3.05, 3.63) is 48.6 Å². The van der Waals surface area contributed by atoms with Crippen molar-refractivity contribution in [1.82, 2.24) is 0 Å². The molecule has 1 aliphatic heterocycles. The molecule has 0 spiro atoms. The van der Waals surface area contributed by atoms with Crippen LogP contribution in [-0.4, -0.2) is 17.5 Å². The predicted octanol–water partition coefficient (Wildman–Crippen LogP) is 4.48. The molecule has 0 amide bonds. The Balaban J connectivity index is 2.03. The van der Waals surface area contributed by atoms with Crippen LogP contribution < -0.4 is 4.74 Å². The molecule has 0 N–H and O–H groups in total. The zero-order valence-electron chi connectivity index (χ0n) is 12.9. The van der Waals surface area contributed by atoms with E-state index in [1.165, 1.54) is 41.0 Å². The van der Waals surface area contributed by atoms with E-state index >= 15 is 0 Å². The second-order valence-corrected chi connectivity index (χ2v) is 7.98. The average Bonchev–Trinajstić information content (AvgIpc) is 2.56. The van der Waals surface area contributed by atoms with Gasteiger partial charge in [-0.3, -0.25) is 0 Å². The normalized spacial score (nSPS) is 15.7. The van der Waals surface area contributed by atoms with Gasteiger partial charge >= 0.3 is 5.97 Å². The molecule has 1 fully saturated rings. The van der Waals surface area contributed by atoms with Crippen LogP contribution in [0.25, 0.3) is 10.8 Å². The maximum atomic E-state index is 11.8. The lowest BCUT2D eigenvalue weighted by molar-refractivity contribution is -0.129. The van der Waals surface area contributed by atoms with Crippen molar-refractivity contribution in [3.8, 4) is 5.75 Å². The van der Waals surface area contributed by atoms with Gasteiger partial charge in [-0.05, 0) is 44.4 Å². The van der Waals surface area contributed by atoms with Gasteiger partial charge in [0, 0.05) is 27.2 Å². The van der Waals surface area contributed by atoms with Gasteiger partial charge in [-0.15, -0.1) is 0 Å². The Bertz CT molecular complexity index is 714. The highest BCUT2D eigenvalue weighted by atomic mass is 32.2. The highest BCUT2D eigenvalue weighted by Crippen LogP contribution is 2.34. The third-order valence-corrected chi connectivity index (χ3v) is 6.53. The zero-order valence-corrected chi connectivity index (χ0v) is 13.7. The van der Waals surface area contributed by atoms with Gasteiger partial charge in [0.1, 0.15) is 17.3 Å². The lowest BCUT2D eigenvalue weighted by atomic mass is 10.1. The van der Waals surface area contributed by atoms with Crippen LogP contribution >= 0.6 is 0 Å². The molecule has 1 saturated heterocycles. The smallest absolute Gasteiger partial charge is 0.338 e. The van der Waals surface area contributed by atoms with Crippen LogP contribution in [0.5, 0.6) is 5.75 Å². The Kier molecular flexibility index (Phi) is 4.53. The van der Waals surface area contributed by atoms with E-state index in [1.807, 2.05) is 18.2 Å². The molecule has 1 heterocycles. The van der Waals surface area contributed by atoms with Gasteiger partial charge in [-0.2, -0.15) is 0 Å². The van der Waals surface area contributed by atoms with Crippen LogP contribution in [0.15, 0.2) is 53.4 Å². The Morgan fingerprint density at radius 3 is 2.41 bits per heavy atom. The first-order chi connectivity index (χ1) is 10.7. The molecule has 0 aliphatic carbocycles. The molecule has 0 atom stereocenters. The Hall–Kier alpha value is -1.74. The van der Waals surface area contributed by atoms with Crippen LogP contribution in [0.1, 0.15) is 26.2 Å². The van der Waals surface area contributed by atoms with Crippen molar-refractivity contribution in [1.29, 1.82) is 0 Å². The van der Waals surface area contributed by atoms with E-state index in [4.69, 9.17) is 4.74 Å². The van der Waals surface area contributed by atoms with Gasteiger partial charge < -0.3 is 4.74 Å². The summed E-state index contributed by atoms with van der Waals surface area (Å²) >= 11 is 0. The van der Waals surface area contributed by atoms with Gasteiger partial charge in [0.15, 0.2) is 4.90 Å². The van der Waals surface area contributed by atoms with Gasteiger partial charge in [0.2, 0.25) is 0 Å². The summed E-state index contributed by atoms with van der Waals surface area (Å²) in [6, 6.07) is 12.3. The Morgan fingerprint density at radius 2 is 1.73 bits per heavy atom. The summed E-state index contributed by atoms with van der Waals surface area (Å²) in [6.07, 6.45) is 4.00. The number of rotatable bonds is 3. The number of benzene rings is 2. The summed E-state index contributed by atoms with van der Waals surface area (Å²) in [7, 11) is 0.330. The summed E-state index contributed by atoms with van der Waals surface area (Å²) in [4.78, 5) is 13.2. The molecular weight excluding hydrogens is 292 g/mol. The van der Waals surface area contributed by atoms with E-state index < -0.39 is 0 Å². The number of carbonyl (C=O) groups is 1. The first-order valence-electron chi connectivity index (χ1n) is 7.74. The molecule has 3 rings (SSSR count). The molecule has 0 unspecified atom stereocenters. The quantitative estimate of drug-likeness (QED) is 0.361. The molecule has 3 heteroatoms. The number of fused-ring (bicyclic) bond motifs is 1. The van der Waals surface area contributed by atoms with Crippen LogP contribution in [0.2, 0.25) is 0 Å². The molecule has 1 aliphatic rings. The highest BCUT2D eigenvalue weighted by Gasteiger charge is 2.27. The van der Waals surface area contributed by atoms with Gasteiger partial charge in [0.05, 0.1) is 0 Å². The number of carbonyl (C=O) groups excluding carboxylic acids is 1. The average molecular weight is 313 g/mol. The van der Waals surface area contributed by atoms with Crippen LogP contribution in [0.4, 0.5) is 0 Å². The van der Waals surface area contributed by atoms with Crippen LogP contribution in [0, 0.1) is 0 Å². The Labute approximate surface area is 134 Å². The zero-order chi connectivity index (χ0) is 15.5. The number of hydrogen-bond donors (Lipinski definition) is 0. The third-order valence-electron chi connectivity index (χ3n) is 3.99. The van der Waals surface area contributed by atoms with Crippen LogP contribution in [-0.2, 0) is 15.7 Å². The standard InChI is InChI=1S/C19H21O2S/c1-14(2)19(20)21-17-10-11-18(22-12-6-3-7-13-22)16-9-5-4-8-15(16)17/h4-5,8-11H,1,3,6-7,12-13H2,2H3/q+1. The van der Waals surface area contributed by atoms with E-state index in [0.29, 0.717) is 22.2 Å². The molecule has 2 aromatic rings. The first-order valence-corrected chi connectivity index (χ1v) is 9.30. The van der Waals surface area contributed by atoms with Gasteiger partial charge in [0.25, 0.3) is 0 Å². The van der Waals surface area contributed by atoms with Crippen LogP contribution in [0.3, 0.4) is 0 Å². The number of hydrogen-bond acceptors (Lipinski definition) is 2. The number of esters is 1. The largest absolute Gasteiger partial charge is 0.423 e. The summed E-state index contributed by atoms with van der Waals surface area (Å²) < 4.78 is 5.50. The van der Waals surface area contributed by atoms with Crippen molar-refractivity contribution >= 4 is 27.6 Å². The molecule has 2 nitrogen and oxygen atoms in total. The van der Waals surface area contributed by atoms with Crippen molar-refractivity contribution in [2.45, 2.75) is 31.1 Å². The predicted molar refractivity (Wildman–Crippen MR) is 93.6 cm³/mol. The van der Waals surface area contributed by atoms with Gasteiger partial charge in [-0.1, -0.05) is 24.8 Å². The summed E-state index contributed by atoms with van der Waals surface area (Å²) in [5.41, 5.74) is 0.419. The van der Waals surface area contributed by atoms with Crippen molar-refractivity contribution in [3.63, 3.8) is 0 Å². The maximum Gasteiger partial charge on any atom is 0.338 e. The lowest BCUT2D eigenvalue weighted by Gasteiger charge is -2.16. The summed E-state index contributed by atoms with van der Waals surface area (Å²) in [5.74, 6) is 2.84. The minimum atomic E-state index is -0.363. The molecule has 0 saturated carbocycles. The molecule has 22 heavy (non-hydrogen) atoms. The summed E-state index contributed by atoms with van der Waals surface area (Å²) in [5, 5.41) is 2.24. The molecular formula is C19H21O2S+. The first kappa shape index (κ1) is 15.2. The van der Waals surface area contributed by atoms with E-state index in [0.717, 1.165) is 5.39 Å². The van der Waals surface area contributed by atoms with E-state index in [-0.39, 0.29) is 5.97 Å². The van der Waals surface area contributed by atoms with E-state index in [1.54, 1.807) is 6.92 Å². The highest BCUT2D eigenvalue weighted by molar-refractivity contribution is 7.97. The Morgan fingerprint density at radius 1 is 1.05 bits per heavy atom. The second-order valence-electron chi connectivity index (χ2n) is 5.74. The molecule has 0 bridgehead atoms. The number of ether oxygens (including phenoxy) is 1. The topological polar surface area (TPSA) is 26.3 Å². The molecule has 0 radical (unpaired) electrons.